The molecular weight excluding hydrogens is 398 g/mol. The van der Waals surface area contributed by atoms with Gasteiger partial charge in [-0.2, -0.15) is 0 Å². The predicted molar refractivity (Wildman–Crippen MR) is 113 cm³/mol. The number of anilines is 1. The molecule has 0 bridgehead atoms. The van der Waals surface area contributed by atoms with Gasteiger partial charge >= 0.3 is 5.97 Å². The van der Waals surface area contributed by atoms with Crippen molar-refractivity contribution in [2.24, 2.45) is 0 Å². The Morgan fingerprint density at radius 3 is 2.54 bits per heavy atom. The molecule has 6 nitrogen and oxygen atoms in total. The molecule has 0 atom stereocenters. The van der Waals surface area contributed by atoms with Gasteiger partial charge in [0.25, 0.3) is 5.91 Å². The SMILES string of the molecule is CCOc1cc(/C=C2\SC(=S)N(c3ccc(C(=O)O)cc3)C2=O)ccc1OC. The number of benzene rings is 2. The van der Waals surface area contributed by atoms with Crippen LogP contribution in [0.5, 0.6) is 11.5 Å². The molecule has 3 rings (SSSR count). The smallest absolute Gasteiger partial charge is 0.335 e. The molecule has 28 heavy (non-hydrogen) atoms. The first kappa shape index (κ1) is 19.9. The van der Waals surface area contributed by atoms with Crippen LogP contribution in [-0.2, 0) is 4.79 Å². The molecule has 1 aliphatic heterocycles. The van der Waals surface area contributed by atoms with Crippen molar-refractivity contribution in [2.75, 3.05) is 18.6 Å². The van der Waals surface area contributed by atoms with Crippen LogP contribution in [0, 0.1) is 0 Å². The zero-order valence-electron chi connectivity index (χ0n) is 15.2. The molecule has 144 valence electrons. The minimum Gasteiger partial charge on any atom is -0.493 e. The Hall–Kier alpha value is -2.84. The maximum absolute atomic E-state index is 12.9. The number of hydrogen-bond acceptors (Lipinski definition) is 6. The van der Waals surface area contributed by atoms with Gasteiger partial charge in [0.1, 0.15) is 0 Å². The van der Waals surface area contributed by atoms with Crippen molar-refractivity contribution in [1.82, 2.24) is 0 Å². The number of ether oxygens (including phenoxy) is 2. The highest BCUT2D eigenvalue weighted by Gasteiger charge is 2.33. The van der Waals surface area contributed by atoms with E-state index in [2.05, 4.69) is 0 Å². The quantitative estimate of drug-likeness (QED) is 0.560. The van der Waals surface area contributed by atoms with Crippen molar-refractivity contribution in [2.45, 2.75) is 6.92 Å². The number of thiocarbonyl (C=S) groups is 1. The summed E-state index contributed by atoms with van der Waals surface area (Å²) in [4.78, 5) is 25.7. The number of carbonyl (C=O) groups excluding carboxylic acids is 1. The van der Waals surface area contributed by atoms with Crippen LogP contribution in [0.4, 0.5) is 5.69 Å². The average molecular weight is 415 g/mol. The van der Waals surface area contributed by atoms with Gasteiger partial charge in [0, 0.05) is 0 Å². The summed E-state index contributed by atoms with van der Waals surface area (Å²) < 4.78 is 11.2. The van der Waals surface area contributed by atoms with Gasteiger partial charge in [-0.3, -0.25) is 9.69 Å². The van der Waals surface area contributed by atoms with Crippen molar-refractivity contribution in [1.29, 1.82) is 0 Å². The Balaban J connectivity index is 1.88. The van der Waals surface area contributed by atoms with E-state index < -0.39 is 5.97 Å². The molecule has 1 amide bonds. The van der Waals surface area contributed by atoms with Crippen molar-refractivity contribution < 1.29 is 24.2 Å². The van der Waals surface area contributed by atoms with Gasteiger partial charge in [-0.15, -0.1) is 0 Å². The van der Waals surface area contributed by atoms with Crippen LogP contribution in [0.15, 0.2) is 47.4 Å². The van der Waals surface area contributed by atoms with Crippen LogP contribution >= 0.6 is 24.0 Å². The largest absolute Gasteiger partial charge is 0.493 e. The summed E-state index contributed by atoms with van der Waals surface area (Å²) in [6.45, 7) is 2.38. The van der Waals surface area contributed by atoms with Crippen molar-refractivity contribution in [3.05, 3.63) is 58.5 Å². The highest BCUT2D eigenvalue weighted by Crippen LogP contribution is 2.37. The fraction of sp³-hybridized carbons (Fsp3) is 0.150. The summed E-state index contributed by atoms with van der Waals surface area (Å²) in [6, 6.07) is 11.4. The second-order valence-electron chi connectivity index (χ2n) is 5.71. The van der Waals surface area contributed by atoms with E-state index in [-0.39, 0.29) is 11.5 Å². The molecule has 1 N–H and O–H groups in total. The third-order valence-electron chi connectivity index (χ3n) is 3.95. The molecule has 0 unspecified atom stereocenters. The predicted octanol–water partition coefficient (Wildman–Crippen LogP) is 4.20. The fourth-order valence-corrected chi connectivity index (χ4v) is 3.95. The molecule has 1 saturated heterocycles. The van der Waals surface area contributed by atoms with Gasteiger partial charge < -0.3 is 14.6 Å². The van der Waals surface area contributed by atoms with E-state index in [0.717, 1.165) is 5.56 Å². The summed E-state index contributed by atoms with van der Waals surface area (Å²) in [7, 11) is 1.57. The van der Waals surface area contributed by atoms with E-state index in [9.17, 15) is 9.59 Å². The van der Waals surface area contributed by atoms with Crippen LogP contribution in [0.25, 0.3) is 6.08 Å². The maximum atomic E-state index is 12.9. The summed E-state index contributed by atoms with van der Waals surface area (Å²) in [5, 5.41) is 9.01. The topological polar surface area (TPSA) is 76.1 Å². The third kappa shape index (κ3) is 4.02. The lowest BCUT2D eigenvalue weighted by Crippen LogP contribution is -2.27. The number of methoxy groups -OCH3 is 1. The number of carboxylic acid groups (broad SMARTS) is 1. The number of aromatic carboxylic acids is 1. The minimum absolute atomic E-state index is 0.145. The Labute approximate surface area is 171 Å². The van der Waals surface area contributed by atoms with E-state index >= 15 is 0 Å². The van der Waals surface area contributed by atoms with E-state index in [4.69, 9.17) is 26.8 Å². The molecule has 1 aliphatic rings. The number of amides is 1. The molecule has 2 aromatic carbocycles. The molecule has 0 saturated carbocycles. The number of nitrogens with zero attached hydrogens (tertiary/aromatic N) is 1. The minimum atomic E-state index is -1.03. The molecule has 2 aromatic rings. The molecule has 1 fully saturated rings. The average Bonchev–Trinajstić information content (AvgIpc) is 2.95. The van der Waals surface area contributed by atoms with Crippen molar-refractivity contribution in [3.8, 4) is 11.5 Å². The third-order valence-corrected chi connectivity index (χ3v) is 5.25. The highest BCUT2D eigenvalue weighted by atomic mass is 32.2. The summed E-state index contributed by atoms with van der Waals surface area (Å²) in [5.74, 6) is -0.0724. The molecule has 0 radical (unpaired) electrons. The van der Waals surface area contributed by atoms with E-state index in [1.54, 1.807) is 37.5 Å². The van der Waals surface area contributed by atoms with Gasteiger partial charge in [-0.25, -0.2) is 4.79 Å². The Morgan fingerprint density at radius 2 is 1.93 bits per heavy atom. The number of carbonyl (C=O) groups is 2. The van der Waals surface area contributed by atoms with Crippen LogP contribution in [0.2, 0.25) is 0 Å². The Kier molecular flexibility index (Phi) is 6.01. The second-order valence-corrected chi connectivity index (χ2v) is 7.39. The standard InChI is InChI=1S/C20H17NO5S2/c1-3-26-16-10-12(4-9-15(16)25-2)11-17-18(22)21(20(27)28-17)14-7-5-13(6-8-14)19(23)24/h4-11H,3H2,1-2H3,(H,23,24)/b17-11-. The summed E-state index contributed by atoms with van der Waals surface area (Å²) in [6.07, 6.45) is 1.74. The molecule has 0 aliphatic carbocycles. The van der Waals surface area contributed by atoms with Crippen molar-refractivity contribution in [3.63, 3.8) is 0 Å². The summed E-state index contributed by atoms with van der Waals surface area (Å²) in [5.41, 5.74) is 1.46. The lowest BCUT2D eigenvalue weighted by atomic mass is 10.1. The molecular formula is C20H17NO5S2. The van der Waals surface area contributed by atoms with Crippen molar-refractivity contribution >= 4 is 51.9 Å². The normalized spacial score (nSPS) is 15.2. The van der Waals surface area contributed by atoms with Crippen LogP contribution in [0.3, 0.4) is 0 Å². The lowest BCUT2D eigenvalue weighted by molar-refractivity contribution is -0.113. The van der Waals surface area contributed by atoms with E-state index in [0.29, 0.717) is 33.0 Å². The first-order chi connectivity index (χ1) is 13.4. The molecule has 0 spiro atoms. The lowest BCUT2D eigenvalue weighted by Gasteiger charge is -2.14. The first-order valence-electron chi connectivity index (χ1n) is 8.36. The van der Waals surface area contributed by atoms with Gasteiger partial charge in [-0.05, 0) is 55.0 Å². The van der Waals surface area contributed by atoms with Crippen LogP contribution < -0.4 is 14.4 Å². The Morgan fingerprint density at radius 1 is 1.21 bits per heavy atom. The molecule has 1 heterocycles. The summed E-state index contributed by atoms with van der Waals surface area (Å²) >= 11 is 6.54. The highest BCUT2D eigenvalue weighted by molar-refractivity contribution is 8.27. The van der Waals surface area contributed by atoms with Crippen LogP contribution in [0.1, 0.15) is 22.8 Å². The maximum Gasteiger partial charge on any atom is 0.335 e. The Bertz CT molecular complexity index is 969. The van der Waals surface area contributed by atoms with Gasteiger partial charge in [0.2, 0.25) is 0 Å². The second kappa shape index (κ2) is 8.45. The van der Waals surface area contributed by atoms with E-state index in [1.165, 1.54) is 28.8 Å². The molecule has 8 heteroatoms. The van der Waals surface area contributed by atoms with E-state index in [1.807, 2.05) is 13.0 Å². The first-order valence-corrected chi connectivity index (χ1v) is 9.59. The molecule has 0 aromatic heterocycles. The fourth-order valence-electron chi connectivity index (χ4n) is 2.65. The van der Waals surface area contributed by atoms with Gasteiger partial charge in [0.15, 0.2) is 15.8 Å². The number of rotatable bonds is 6. The number of hydrogen-bond donors (Lipinski definition) is 1. The van der Waals surface area contributed by atoms with Gasteiger partial charge in [-0.1, -0.05) is 30.0 Å². The zero-order valence-corrected chi connectivity index (χ0v) is 16.8. The zero-order chi connectivity index (χ0) is 20.3. The monoisotopic (exact) mass is 415 g/mol. The van der Waals surface area contributed by atoms with Gasteiger partial charge in [0.05, 0.1) is 29.9 Å². The number of carboxylic acids is 1. The number of thioether (sulfide) groups is 1. The van der Waals surface area contributed by atoms with Crippen LogP contribution in [-0.4, -0.2) is 35.0 Å².